The van der Waals surface area contributed by atoms with Crippen LogP contribution in [0.15, 0.2) is 36.4 Å². The molecule has 2 rings (SSSR count). The predicted molar refractivity (Wildman–Crippen MR) is 92.1 cm³/mol. The van der Waals surface area contributed by atoms with Crippen LogP contribution >= 0.6 is 0 Å². The summed E-state index contributed by atoms with van der Waals surface area (Å²) in [6, 6.07) is 7.61. The molecule has 1 aromatic carbocycles. The molecule has 130 valence electrons. The molecule has 2 atom stereocenters. The van der Waals surface area contributed by atoms with Crippen LogP contribution in [0.4, 0.5) is 0 Å². The summed E-state index contributed by atoms with van der Waals surface area (Å²) in [6.45, 7) is 1.05. The molecule has 1 N–H and O–H groups in total. The molecule has 1 saturated carbocycles. The van der Waals surface area contributed by atoms with E-state index in [9.17, 15) is 9.59 Å². The van der Waals surface area contributed by atoms with Gasteiger partial charge in [0.15, 0.2) is 0 Å². The minimum Gasteiger partial charge on any atom is -0.478 e. The molecule has 1 aliphatic rings. The van der Waals surface area contributed by atoms with Gasteiger partial charge >= 0.3 is 11.9 Å². The van der Waals surface area contributed by atoms with Gasteiger partial charge in [-0.05, 0) is 56.5 Å². The number of carboxylic acid groups (broad SMARTS) is 1. The summed E-state index contributed by atoms with van der Waals surface area (Å²) in [6.07, 6.45) is 6.55. The van der Waals surface area contributed by atoms with Crippen molar-refractivity contribution in [2.45, 2.75) is 31.6 Å². The quantitative estimate of drug-likeness (QED) is 0.493. The van der Waals surface area contributed by atoms with Crippen molar-refractivity contribution < 1.29 is 19.4 Å². The molecule has 0 unspecified atom stereocenters. The topological polar surface area (TPSA) is 66.8 Å². The van der Waals surface area contributed by atoms with Gasteiger partial charge in [-0.1, -0.05) is 25.0 Å². The molecular weight excluding hydrogens is 306 g/mol. The molecule has 0 heterocycles. The summed E-state index contributed by atoms with van der Waals surface area (Å²) in [5.41, 5.74) is 1.19. The van der Waals surface area contributed by atoms with Crippen molar-refractivity contribution in [3.05, 3.63) is 42.0 Å². The van der Waals surface area contributed by atoms with Gasteiger partial charge in [0.2, 0.25) is 0 Å². The fourth-order valence-electron chi connectivity index (χ4n) is 3.43. The average Bonchev–Trinajstić information content (AvgIpc) is 2.53. The first-order valence-corrected chi connectivity index (χ1v) is 8.33. The Morgan fingerprint density at radius 3 is 2.71 bits per heavy atom. The van der Waals surface area contributed by atoms with E-state index in [-0.39, 0.29) is 0 Å². The Hall–Kier alpha value is -2.14. The van der Waals surface area contributed by atoms with E-state index >= 15 is 0 Å². The van der Waals surface area contributed by atoms with Crippen LogP contribution in [-0.2, 0) is 9.59 Å². The maximum absolute atomic E-state index is 11.6. The van der Waals surface area contributed by atoms with Crippen molar-refractivity contribution in [1.82, 2.24) is 4.90 Å². The fourth-order valence-corrected chi connectivity index (χ4v) is 3.43. The zero-order chi connectivity index (χ0) is 17.5. The lowest BCUT2D eigenvalue weighted by molar-refractivity contribution is -0.133. The highest BCUT2D eigenvalue weighted by Crippen LogP contribution is 2.39. The number of hydrogen-bond acceptors (Lipinski definition) is 4. The van der Waals surface area contributed by atoms with Gasteiger partial charge in [0, 0.05) is 18.7 Å². The summed E-state index contributed by atoms with van der Waals surface area (Å²) < 4.78 is 5.21. The zero-order valence-corrected chi connectivity index (χ0v) is 14.3. The van der Waals surface area contributed by atoms with Gasteiger partial charge in [-0.2, -0.15) is 0 Å². The Kier molecular flexibility index (Phi) is 6.55. The van der Waals surface area contributed by atoms with Crippen LogP contribution in [0.3, 0.4) is 0 Å². The number of nitrogens with zero attached hydrogens (tertiary/aromatic N) is 1. The molecule has 0 saturated heterocycles. The Morgan fingerprint density at radius 2 is 2.00 bits per heavy atom. The summed E-state index contributed by atoms with van der Waals surface area (Å²) in [4.78, 5) is 24.3. The van der Waals surface area contributed by atoms with E-state index in [1.165, 1.54) is 24.8 Å². The molecular formula is C19H25NO4. The van der Waals surface area contributed by atoms with Crippen LogP contribution in [0.1, 0.15) is 37.2 Å². The van der Waals surface area contributed by atoms with Gasteiger partial charge in [-0.15, -0.1) is 0 Å². The van der Waals surface area contributed by atoms with Gasteiger partial charge in [0.25, 0.3) is 0 Å². The molecule has 5 nitrogen and oxygen atoms in total. The van der Waals surface area contributed by atoms with Crippen molar-refractivity contribution >= 4 is 11.9 Å². The van der Waals surface area contributed by atoms with Gasteiger partial charge in [-0.3, -0.25) is 0 Å². The monoisotopic (exact) mass is 331 g/mol. The molecule has 0 aliphatic heterocycles. The molecule has 0 spiro atoms. The third-order valence-electron chi connectivity index (χ3n) is 4.38. The maximum Gasteiger partial charge on any atom is 0.336 e. The van der Waals surface area contributed by atoms with Crippen molar-refractivity contribution in [2.24, 2.45) is 5.92 Å². The van der Waals surface area contributed by atoms with E-state index in [4.69, 9.17) is 9.84 Å². The maximum atomic E-state index is 11.6. The molecule has 5 heteroatoms. The third-order valence-corrected chi connectivity index (χ3v) is 4.38. The van der Waals surface area contributed by atoms with Crippen LogP contribution in [0, 0.1) is 5.92 Å². The largest absolute Gasteiger partial charge is 0.478 e. The van der Waals surface area contributed by atoms with E-state index < -0.39 is 11.9 Å². The van der Waals surface area contributed by atoms with Crippen LogP contribution in [0.2, 0.25) is 0 Å². The number of carboxylic acids is 1. The molecule has 0 aromatic heterocycles. The van der Waals surface area contributed by atoms with Gasteiger partial charge in [0.05, 0.1) is 0 Å². The van der Waals surface area contributed by atoms with Crippen LogP contribution < -0.4 is 4.74 Å². The van der Waals surface area contributed by atoms with Crippen LogP contribution in [-0.4, -0.2) is 42.6 Å². The molecule has 1 aliphatic carbocycles. The Bertz CT molecular complexity index is 609. The van der Waals surface area contributed by atoms with Crippen molar-refractivity contribution in [3.63, 3.8) is 0 Å². The number of hydrogen-bond donors (Lipinski definition) is 1. The molecule has 0 radical (unpaired) electrons. The molecule has 1 aromatic rings. The first kappa shape index (κ1) is 18.2. The highest BCUT2D eigenvalue weighted by atomic mass is 16.5. The van der Waals surface area contributed by atoms with Crippen LogP contribution in [0.5, 0.6) is 5.75 Å². The predicted octanol–water partition coefficient (Wildman–Crippen LogP) is 3.07. The molecule has 24 heavy (non-hydrogen) atoms. The average molecular weight is 331 g/mol. The van der Waals surface area contributed by atoms with Crippen molar-refractivity contribution in [3.8, 4) is 5.75 Å². The minimum atomic E-state index is -1.17. The Labute approximate surface area is 142 Å². The summed E-state index contributed by atoms with van der Waals surface area (Å²) in [5.74, 6) is -0.319. The Morgan fingerprint density at radius 1 is 1.25 bits per heavy atom. The SMILES string of the molecule is CN(C)C[C@@H]1CCCC[C@H]1c1cccc(OC(=O)C=CC(=O)O)c1. The normalized spacial score (nSPS) is 21.1. The number of benzene rings is 1. The van der Waals surface area contributed by atoms with Crippen molar-refractivity contribution in [2.75, 3.05) is 20.6 Å². The molecule has 0 amide bonds. The van der Waals surface area contributed by atoms with Gasteiger partial charge in [-0.25, -0.2) is 9.59 Å². The second-order valence-electron chi connectivity index (χ2n) is 6.58. The smallest absolute Gasteiger partial charge is 0.336 e. The number of carbonyl (C=O) groups is 2. The number of ether oxygens (including phenoxy) is 1. The second-order valence-corrected chi connectivity index (χ2v) is 6.58. The first-order chi connectivity index (χ1) is 11.5. The molecule has 0 bridgehead atoms. The summed E-state index contributed by atoms with van der Waals surface area (Å²) in [7, 11) is 4.19. The number of aliphatic carboxylic acids is 1. The highest BCUT2D eigenvalue weighted by molar-refractivity contribution is 5.91. The zero-order valence-electron chi connectivity index (χ0n) is 14.3. The fraction of sp³-hybridized carbons (Fsp3) is 0.474. The summed E-state index contributed by atoms with van der Waals surface area (Å²) in [5, 5.41) is 8.55. The standard InChI is InChI=1S/C19H25NO4/c1-20(2)13-15-6-3-4-9-17(15)14-7-5-8-16(12-14)24-19(23)11-10-18(21)22/h5,7-8,10-12,15,17H,3-4,6,9,13H2,1-2H3,(H,21,22)/t15-,17-/m0/s1. The first-order valence-electron chi connectivity index (χ1n) is 8.33. The highest BCUT2D eigenvalue weighted by Gasteiger charge is 2.27. The van der Waals surface area contributed by atoms with E-state index in [2.05, 4.69) is 25.1 Å². The van der Waals surface area contributed by atoms with E-state index in [0.29, 0.717) is 17.6 Å². The third kappa shape index (κ3) is 5.49. The minimum absolute atomic E-state index is 0.460. The number of carbonyl (C=O) groups excluding carboxylic acids is 1. The van der Waals surface area contributed by atoms with E-state index in [1.54, 1.807) is 6.07 Å². The van der Waals surface area contributed by atoms with Gasteiger partial charge in [0.1, 0.15) is 5.75 Å². The lowest BCUT2D eigenvalue weighted by Gasteiger charge is -2.34. The van der Waals surface area contributed by atoms with E-state index in [1.807, 2.05) is 12.1 Å². The van der Waals surface area contributed by atoms with Crippen molar-refractivity contribution in [1.29, 1.82) is 0 Å². The number of esters is 1. The van der Waals surface area contributed by atoms with Crippen LogP contribution in [0.25, 0.3) is 0 Å². The Balaban J connectivity index is 2.10. The lowest BCUT2D eigenvalue weighted by Crippen LogP contribution is -2.28. The summed E-state index contributed by atoms with van der Waals surface area (Å²) >= 11 is 0. The second kappa shape index (κ2) is 8.64. The van der Waals surface area contributed by atoms with E-state index in [0.717, 1.165) is 25.1 Å². The lowest BCUT2D eigenvalue weighted by atomic mass is 9.75. The molecule has 1 fully saturated rings. The van der Waals surface area contributed by atoms with Gasteiger partial charge < -0.3 is 14.7 Å². The number of rotatable bonds is 6.